The molecule has 2 rings (SSSR count). The standard InChI is InChI=1S/C18H28F3N5O3/c1-4-22-16(26-10-5-13(6-11-26)14(27)29-3)24-8-7-17(28,18(19,20)21)15-23-9-12-25(15)2/h9,12-13,28H,4-8,10-11H2,1-3H3,(H,22,24). The summed E-state index contributed by atoms with van der Waals surface area (Å²) in [5.41, 5.74) is -3.09. The number of aliphatic hydroxyl groups is 1. The molecule has 0 radical (unpaired) electrons. The molecule has 0 spiro atoms. The van der Waals surface area contributed by atoms with Crippen molar-refractivity contribution in [1.82, 2.24) is 19.8 Å². The van der Waals surface area contributed by atoms with E-state index >= 15 is 0 Å². The highest BCUT2D eigenvalue weighted by molar-refractivity contribution is 5.80. The number of methoxy groups -OCH3 is 1. The van der Waals surface area contributed by atoms with E-state index in [2.05, 4.69) is 15.3 Å². The minimum absolute atomic E-state index is 0.183. The molecule has 0 saturated carbocycles. The van der Waals surface area contributed by atoms with Gasteiger partial charge in [-0.2, -0.15) is 13.2 Å². The van der Waals surface area contributed by atoms with E-state index in [1.807, 2.05) is 11.8 Å². The van der Waals surface area contributed by atoms with E-state index in [1.165, 1.54) is 26.6 Å². The molecule has 2 heterocycles. The van der Waals surface area contributed by atoms with Crippen molar-refractivity contribution >= 4 is 11.9 Å². The molecule has 1 aliphatic heterocycles. The molecule has 1 aromatic rings. The van der Waals surface area contributed by atoms with Gasteiger partial charge in [-0.3, -0.25) is 9.79 Å². The predicted molar refractivity (Wildman–Crippen MR) is 100 cm³/mol. The van der Waals surface area contributed by atoms with Crippen molar-refractivity contribution in [2.24, 2.45) is 18.0 Å². The van der Waals surface area contributed by atoms with E-state index in [0.717, 1.165) is 4.57 Å². The smallest absolute Gasteiger partial charge is 0.424 e. The van der Waals surface area contributed by atoms with E-state index in [4.69, 9.17) is 4.74 Å². The Morgan fingerprint density at radius 1 is 1.41 bits per heavy atom. The van der Waals surface area contributed by atoms with Crippen molar-refractivity contribution < 1.29 is 27.8 Å². The Morgan fingerprint density at radius 3 is 2.55 bits per heavy atom. The number of halogens is 3. The Hall–Kier alpha value is -2.30. The summed E-state index contributed by atoms with van der Waals surface area (Å²) in [7, 11) is 2.75. The first kappa shape index (κ1) is 23.0. The van der Waals surface area contributed by atoms with Gasteiger partial charge in [-0.1, -0.05) is 0 Å². The highest BCUT2D eigenvalue weighted by Gasteiger charge is 2.57. The molecule has 1 fully saturated rings. The fraction of sp³-hybridized carbons (Fsp3) is 0.722. The summed E-state index contributed by atoms with van der Waals surface area (Å²) in [5.74, 6) is -0.445. The van der Waals surface area contributed by atoms with E-state index in [0.29, 0.717) is 38.4 Å². The van der Waals surface area contributed by atoms with Crippen LogP contribution in [0.25, 0.3) is 0 Å². The van der Waals surface area contributed by atoms with Crippen LogP contribution in [0.2, 0.25) is 0 Å². The maximum atomic E-state index is 13.6. The van der Waals surface area contributed by atoms with Crippen LogP contribution in [0.1, 0.15) is 32.0 Å². The number of carbonyl (C=O) groups is 1. The molecular formula is C18H28F3N5O3. The molecule has 0 amide bonds. The molecule has 1 aliphatic rings. The number of carbonyl (C=O) groups excluding carboxylic acids is 1. The number of imidazole rings is 1. The molecule has 0 aromatic carbocycles. The zero-order valence-corrected chi connectivity index (χ0v) is 16.9. The van der Waals surface area contributed by atoms with Crippen LogP contribution in [-0.2, 0) is 22.2 Å². The van der Waals surface area contributed by atoms with Gasteiger partial charge in [0.05, 0.1) is 13.0 Å². The first-order valence-electron chi connectivity index (χ1n) is 9.52. The van der Waals surface area contributed by atoms with Gasteiger partial charge in [0.2, 0.25) is 5.60 Å². The fourth-order valence-corrected chi connectivity index (χ4v) is 3.39. The molecule has 2 N–H and O–H groups in total. The predicted octanol–water partition coefficient (Wildman–Crippen LogP) is 1.41. The van der Waals surface area contributed by atoms with Crippen LogP contribution < -0.4 is 5.32 Å². The molecule has 29 heavy (non-hydrogen) atoms. The number of rotatable bonds is 6. The van der Waals surface area contributed by atoms with Crippen molar-refractivity contribution in [3.8, 4) is 0 Å². The quantitative estimate of drug-likeness (QED) is 0.412. The molecule has 8 nitrogen and oxygen atoms in total. The van der Waals surface area contributed by atoms with Crippen LogP contribution in [0.3, 0.4) is 0 Å². The maximum Gasteiger partial charge on any atom is 0.424 e. The van der Waals surface area contributed by atoms with Gasteiger partial charge >= 0.3 is 12.1 Å². The molecule has 0 aliphatic carbocycles. The van der Waals surface area contributed by atoms with E-state index in [9.17, 15) is 23.1 Å². The third-order valence-corrected chi connectivity index (χ3v) is 5.06. The summed E-state index contributed by atoms with van der Waals surface area (Å²) in [6.45, 7) is 3.22. The zero-order valence-electron chi connectivity index (χ0n) is 16.9. The van der Waals surface area contributed by atoms with E-state index < -0.39 is 24.0 Å². The van der Waals surface area contributed by atoms with Crippen molar-refractivity contribution in [3.63, 3.8) is 0 Å². The Kier molecular flexibility index (Phi) is 7.50. The average molecular weight is 419 g/mol. The van der Waals surface area contributed by atoms with E-state index in [-0.39, 0.29) is 18.4 Å². The van der Waals surface area contributed by atoms with Gasteiger partial charge in [-0.05, 0) is 19.8 Å². The number of nitrogens with one attached hydrogen (secondary N) is 1. The van der Waals surface area contributed by atoms with Gasteiger partial charge in [0.15, 0.2) is 5.96 Å². The third kappa shape index (κ3) is 5.20. The molecule has 1 aromatic heterocycles. The van der Waals surface area contributed by atoms with Crippen LogP contribution in [0, 0.1) is 5.92 Å². The summed E-state index contributed by atoms with van der Waals surface area (Å²) in [6, 6.07) is 0. The van der Waals surface area contributed by atoms with Crippen LogP contribution in [0.15, 0.2) is 17.4 Å². The lowest BCUT2D eigenvalue weighted by Gasteiger charge is -2.33. The Labute approximate surface area is 167 Å². The van der Waals surface area contributed by atoms with Gasteiger partial charge in [-0.15, -0.1) is 0 Å². The number of alkyl halides is 3. The second kappa shape index (κ2) is 9.47. The van der Waals surface area contributed by atoms with Crippen molar-refractivity contribution in [2.45, 2.75) is 38.0 Å². The first-order chi connectivity index (χ1) is 13.6. The van der Waals surface area contributed by atoms with Crippen LogP contribution >= 0.6 is 0 Å². The summed E-state index contributed by atoms with van der Waals surface area (Å²) < 4.78 is 46.7. The molecule has 0 bridgehead atoms. The zero-order chi connectivity index (χ0) is 21.7. The van der Waals surface area contributed by atoms with Crippen molar-refractivity contribution in [2.75, 3.05) is 33.3 Å². The molecule has 11 heteroatoms. The molecule has 1 atom stereocenters. The summed E-state index contributed by atoms with van der Waals surface area (Å²) >= 11 is 0. The lowest BCUT2D eigenvalue weighted by molar-refractivity contribution is -0.272. The first-order valence-corrected chi connectivity index (χ1v) is 9.52. The SMILES string of the molecule is CCNC(=NCCC(O)(c1nccn1C)C(F)(F)F)N1CCC(C(=O)OC)CC1. The minimum atomic E-state index is -4.89. The molecule has 1 unspecified atom stereocenters. The maximum absolute atomic E-state index is 13.6. The Morgan fingerprint density at radius 2 is 2.07 bits per heavy atom. The number of hydrogen-bond donors (Lipinski definition) is 2. The number of ether oxygens (including phenoxy) is 1. The third-order valence-electron chi connectivity index (χ3n) is 5.06. The minimum Gasteiger partial charge on any atom is -0.469 e. The van der Waals surface area contributed by atoms with E-state index in [1.54, 1.807) is 0 Å². The number of esters is 1. The highest BCUT2D eigenvalue weighted by Crippen LogP contribution is 2.40. The number of likely N-dealkylation sites (tertiary alicyclic amines) is 1. The van der Waals surface area contributed by atoms with Gasteiger partial charge in [0, 0.05) is 52.0 Å². The normalized spacial score (nSPS) is 18.4. The second-order valence-electron chi connectivity index (χ2n) is 6.99. The Balaban J connectivity index is 2.10. The Bertz CT molecular complexity index is 714. The number of aryl methyl sites for hydroxylation is 1. The molecule has 1 saturated heterocycles. The van der Waals surface area contributed by atoms with Gasteiger partial charge in [0.25, 0.3) is 0 Å². The van der Waals surface area contributed by atoms with Crippen molar-refractivity contribution in [3.05, 3.63) is 18.2 Å². The largest absolute Gasteiger partial charge is 0.469 e. The van der Waals surface area contributed by atoms with Gasteiger partial charge in [0.1, 0.15) is 5.82 Å². The number of hydrogen-bond acceptors (Lipinski definition) is 5. The highest BCUT2D eigenvalue weighted by atomic mass is 19.4. The number of aliphatic imine (C=N–C) groups is 1. The number of aromatic nitrogens is 2. The van der Waals surface area contributed by atoms with Crippen LogP contribution in [0.4, 0.5) is 13.2 Å². The number of piperidine rings is 1. The topological polar surface area (TPSA) is 92.0 Å². The number of nitrogens with zero attached hydrogens (tertiary/aromatic N) is 4. The second-order valence-corrected chi connectivity index (χ2v) is 6.99. The van der Waals surface area contributed by atoms with Gasteiger partial charge < -0.3 is 24.6 Å². The van der Waals surface area contributed by atoms with Gasteiger partial charge in [-0.25, -0.2) is 4.98 Å². The lowest BCUT2D eigenvalue weighted by Crippen LogP contribution is -2.47. The summed E-state index contributed by atoms with van der Waals surface area (Å²) in [6.07, 6.45) is -1.82. The monoisotopic (exact) mass is 419 g/mol. The average Bonchev–Trinajstić information content (AvgIpc) is 3.12. The lowest BCUT2D eigenvalue weighted by atomic mass is 9.97. The summed E-state index contributed by atoms with van der Waals surface area (Å²) in [5, 5.41) is 13.5. The fourth-order valence-electron chi connectivity index (χ4n) is 3.39. The summed E-state index contributed by atoms with van der Waals surface area (Å²) in [4.78, 5) is 21.5. The van der Waals surface area contributed by atoms with Crippen LogP contribution in [-0.4, -0.2) is 71.0 Å². The molecule has 164 valence electrons. The van der Waals surface area contributed by atoms with Crippen LogP contribution in [0.5, 0.6) is 0 Å². The van der Waals surface area contributed by atoms with Crippen molar-refractivity contribution in [1.29, 1.82) is 0 Å². The number of guanidine groups is 1. The molecular weight excluding hydrogens is 391 g/mol.